The Bertz CT molecular complexity index is 1260. The highest BCUT2D eigenvalue weighted by molar-refractivity contribution is 6.04. The topological polar surface area (TPSA) is 46.9 Å². The van der Waals surface area contributed by atoms with Gasteiger partial charge >= 0.3 is 6.18 Å². The van der Waals surface area contributed by atoms with E-state index in [0.29, 0.717) is 29.9 Å². The van der Waals surface area contributed by atoms with Crippen molar-refractivity contribution in [3.63, 3.8) is 0 Å². The summed E-state index contributed by atoms with van der Waals surface area (Å²) in [7, 11) is 0. The Morgan fingerprint density at radius 3 is 2.49 bits per heavy atom. The number of aromatic nitrogens is 2. The lowest BCUT2D eigenvalue weighted by molar-refractivity contribution is -0.137. The van der Waals surface area contributed by atoms with Crippen LogP contribution < -0.4 is 5.32 Å². The van der Waals surface area contributed by atoms with Gasteiger partial charge in [-0.3, -0.25) is 4.79 Å². The quantitative estimate of drug-likeness (QED) is 0.262. The molecule has 1 aromatic heterocycles. The predicted molar refractivity (Wildman–Crippen MR) is 126 cm³/mol. The minimum Gasteiger partial charge on any atom is -0.306 e. The molecule has 0 saturated heterocycles. The molecule has 9 heteroatoms. The van der Waals surface area contributed by atoms with Gasteiger partial charge in [0, 0.05) is 17.2 Å². The number of amides is 1. The van der Waals surface area contributed by atoms with Crippen molar-refractivity contribution in [3.8, 4) is 5.69 Å². The van der Waals surface area contributed by atoms with Crippen molar-refractivity contribution in [2.45, 2.75) is 25.9 Å². The first-order valence-corrected chi connectivity index (χ1v) is 10.5. The third-order valence-electron chi connectivity index (χ3n) is 4.98. The zero-order valence-electron chi connectivity index (χ0n) is 18.7. The second kappa shape index (κ2) is 10.9. The number of carbonyl (C=O) groups excluding carboxylic acids is 1. The number of carbonyl (C=O) groups is 1. The number of alkyl halides is 5. The number of benzene rings is 2. The van der Waals surface area contributed by atoms with Crippen LogP contribution in [0.2, 0.25) is 0 Å². The average molecular weight is 487 g/mol. The molecule has 35 heavy (non-hydrogen) atoms. The second-order valence-electron chi connectivity index (χ2n) is 7.55. The summed E-state index contributed by atoms with van der Waals surface area (Å²) in [5, 5.41) is 7.03. The predicted octanol–water partition coefficient (Wildman–Crippen LogP) is 7.62. The van der Waals surface area contributed by atoms with Crippen molar-refractivity contribution in [2.24, 2.45) is 0 Å². The molecule has 0 radical (unpaired) electrons. The molecule has 0 bridgehead atoms. The minimum absolute atomic E-state index is 0.168. The summed E-state index contributed by atoms with van der Waals surface area (Å²) in [5.41, 5.74) is -0.862. The van der Waals surface area contributed by atoms with E-state index in [1.54, 1.807) is 48.6 Å². The van der Waals surface area contributed by atoms with Gasteiger partial charge in [-0.05, 0) is 49.2 Å². The number of hydrogen-bond acceptors (Lipinski definition) is 2. The van der Waals surface area contributed by atoms with Gasteiger partial charge in [0.15, 0.2) is 0 Å². The van der Waals surface area contributed by atoms with Gasteiger partial charge in [-0.2, -0.15) is 18.3 Å². The van der Waals surface area contributed by atoms with E-state index in [2.05, 4.69) is 17.0 Å². The largest absolute Gasteiger partial charge is 0.416 e. The van der Waals surface area contributed by atoms with Crippen LogP contribution in [0, 0.1) is 0 Å². The molecule has 0 atom stereocenters. The molecule has 3 aromatic rings. The molecule has 0 saturated carbocycles. The van der Waals surface area contributed by atoms with Crippen molar-refractivity contribution in [1.82, 2.24) is 9.78 Å². The Morgan fingerprint density at radius 2 is 1.86 bits per heavy atom. The Morgan fingerprint density at radius 1 is 1.14 bits per heavy atom. The fourth-order valence-corrected chi connectivity index (χ4v) is 3.21. The summed E-state index contributed by atoms with van der Waals surface area (Å²) in [6, 6.07) is 12.0. The van der Waals surface area contributed by atoms with Crippen LogP contribution in [0.3, 0.4) is 0 Å². The first-order valence-electron chi connectivity index (χ1n) is 10.5. The van der Waals surface area contributed by atoms with Crippen molar-refractivity contribution < 1.29 is 26.7 Å². The molecule has 0 spiro atoms. The Kier molecular flexibility index (Phi) is 8.01. The van der Waals surface area contributed by atoms with Crippen molar-refractivity contribution in [3.05, 3.63) is 108 Å². The van der Waals surface area contributed by atoms with Crippen molar-refractivity contribution in [2.75, 3.05) is 5.32 Å². The summed E-state index contributed by atoms with van der Waals surface area (Å²) in [5.74, 6) is -0.807. The number of hydrogen-bond donors (Lipinski definition) is 1. The lowest BCUT2D eigenvalue weighted by Gasteiger charge is -2.13. The van der Waals surface area contributed by atoms with E-state index in [0.717, 1.165) is 11.6 Å². The van der Waals surface area contributed by atoms with Gasteiger partial charge in [-0.15, -0.1) is 0 Å². The molecule has 0 aliphatic carbocycles. The molecule has 1 heterocycles. The van der Waals surface area contributed by atoms with Crippen LogP contribution in [0.25, 0.3) is 11.3 Å². The van der Waals surface area contributed by atoms with Crippen LogP contribution in [-0.4, -0.2) is 15.7 Å². The lowest BCUT2D eigenvalue weighted by Crippen LogP contribution is -2.17. The summed E-state index contributed by atoms with van der Waals surface area (Å²) in [4.78, 5) is 12.9. The fraction of sp³-hybridized carbons (Fsp3) is 0.154. The van der Waals surface area contributed by atoms with Crippen LogP contribution in [0.5, 0.6) is 0 Å². The van der Waals surface area contributed by atoms with Crippen LogP contribution in [0.15, 0.2) is 85.5 Å². The summed E-state index contributed by atoms with van der Waals surface area (Å²) in [6.45, 7) is 5.43. The average Bonchev–Trinajstić information content (AvgIpc) is 3.25. The molecule has 4 nitrogen and oxygen atoms in total. The van der Waals surface area contributed by atoms with Gasteiger partial charge in [-0.1, -0.05) is 49.1 Å². The van der Waals surface area contributed by atoms with Crippen molar-refractivity contribution in [1.29, 1.82) is 0 Å². The first kappa shape index (κ1) is 25.6. The maximum Gasteiger partial charge on any atom is 0.416 e. The van der Waals surface area contributed by atoms with E-state index in [1.165, 1.54) is 4.68 Å². The molecule has 0 aliphatic heterocycles. The third-order valence-corrected chi connectivity index (χ3v) is 4.98. The van der Waals surface area contributed by atoms with Gasteiger partial charge in [0.05, 0.1) is 16.9 Å². The van der Waals surface area contributed by atoms with Gasteiger partial charge in [-0.25, -0.2) is 13.5 Å². The molecule has 0 unspecified atom stereocenters. The number of nitrogens with zero attached hydrogens (tertiary/aromatic N) is 2. The fourth-order valence-electron chi connectivity index (χ4n) is 3.21. The molecule has 0 fully saturated rings. The highest BCUT2D eigenvalue weighted by atomic mass is 19.4. The maximum absolute atomic E-state index is 13.2. The normalized spacial score (nSPS) is 12.4. The van der Waals surface area contributed by atoms with E-state index in [4.69, 9.17) is 0 Å². The van der Waals surface area contributed by atoms with Gasteiger partial charge in [0.1, 0.15) is 5.82 Å². The van der Waals surface area contributed by atoms with Gasteiger partial charge < -0.3 is 5.32 Å². The first-order chi connectivity index (χ1) is 16.6. The number of nitrogens with one attached hydrogen (secondary N) is 1. The Labute approximate surface area is 199 Å². The highest BCUT2D eigenvalue weighted by Gasteiger charge is 2.32. The summed E-state index contributed by atoms with van der Waals surface area (Å²) < 4.78 is 67.5. The number of halogens is 5. The van der Waals surface area contributed by atoms with Crippen LogP contribution in [0.1, 0.15) is 46.9 Å². The molecule has 182 valence electrons. The maximum atomic E-state index is 13.2. The SMILES string of the molecule is C=C/C=C\C/C=C(\C)c1cc(NC(=O)c2cc(C(F)F)cc(C(F)(F)F)c2)n(-c2ccccc2)n1. The van der Waals surface area contributed by atoms with E-state index >= 15 is 0 Å². The Hall–Kier alpha value is -4.01. The van der Waals surface area contributed by atoms with Crippen LogP contribution in [-0.2, 0) is 6.18 Å². The molecule has 0 aliphatic rings. The van der Waals surface area contributed by atoms with E-state index in [9.17, 15) is 26.7 Å². The van der Waals surface area contributed by atoms with E-state index < -0.39 is 35.2 Å². The van der Waals surface area contributed by atoms with Crippen molar-refractivity contribution >= 4 is 17.3 Å². The smallest absolute Gasteiger partial charge is 0.306 e. The molecule has 1 amide bonds. The zero-order chi connectivity index (χ0) is 25.6. The minimum atomic E-state index is -4.89. The molecular formula is C26H22F5N3O. The Balaban J connectivity index is 2.01. The monoisotopic (exact) mass is 487 g/mol. The molecule has 1 N–H and O–H groups in total. The third kappa shape index (κ3) is 6.53. The van der Waals surface area contributed by atoms with Crippen LogP contribution >= 0.6 is 0 Å². The molecule has 3 rings (SSSR count). The number of para-hydroxylation sites is 1. The van der Waals surface area contributed by atoms with E-state index in [1.807, 2.05) is 19.1 Å². The molecular weight excluding hydrogens is 465 g/mol. The second-order valence-corrected chi connectivity index (χ2v) is 7.55. The van der Waals surface area contributed by atoms with E-state index in [-0.39, 0.29) is 5.82 Å². The van der Waals surface area contributed by atoms with Gasteiger partial charge in [0.2, 0.25) is 0 Å². The number of anilines is 1. The number of allylic oxidation sites excluding steroid dienone is 5. The van der Waals surface area contributed by atoms with Crippen LogP contribution in [0.4, 0.5) is 27.8 Å². The standard InChI is InChI=1S/C26H22F5N3O/c1-3-4-5-7-10-17(2)22-16-23(34(33-22)21-11-8-6-9-12-21)32-25(35)19-13-18(24(27)28)14-20(15-19)26(29,30)31/h3-6,8-16,24H,1,7H2,2H3,(H,32,35)/b5-4-,17-10+. The molecule has 2 aromatic carbocycles. The summed E-state index contributed by atoms with van der Waals surface area (Å²) in [6.07, 6.45) is -0.214. The summed E-state index contributed by atoms with van der Waals surface area (Å²) >= 11 is 0. The lowest BCUT2D eigenvalue weighted by atomic mass is 10.0. The number of rotatable bonds is 8. The highest BCUT2D eigenvalue weighted by Crippen LogP contribution is 2.33. The zero-order valence-corrected chi connectivity index (χ0v) is 18.7. The van der Waals surface area contributed by atoms with Gasteiger partial charge in [0.25, 0.3) is 12.3 Å².